The molecule has 1 aliphatic carbocycles. The molecule has 6 nitrogen and oxygen atoms in total. The molecular weight excluding hydrogens is 405 g/mol. The van der Waals surface area contributed by atoms with Gasteiger partial charge < -0.3 is 10.6 Å². The molecule has 0 unspecified atom stereocenters. The van der Waals surface area contributed by atoms with E-state index in [4.69, 9.17) is 0 Å². The topological polar surface area (TPSA) is 78.5 Å². The number of benzene rings is 1. The van der Waals surface area contributed by atoms with Gasteiger partial charge in [0.1, 0.15) is 17.9 Å². The molecule has 1 spiro atoms. The lowest BCUT2D eigenvalue weighted by Crippen LogP contribution is -2.49. The van der Waals surface area contributed by atoms with Crippen LogP contribution in [0.3, 0.4) is 0 Å². The van der Waals surface area contributed by atoms with Gasteiger partial charge in [-0.3, -0.25) is 14.5 Å². The van der Waals surface area contributed by atoms with Crippen molar-refractivity contribution in [2.24, 2.45) is 5.92 Å². The van der Waals surface area contributed by atoms with E-state index in [0.29, 0.717) is 23.2 Å². The summed E-state index contributed by atoms with van der Waals surface area (Å²) in [5.74, 6) is -1.00. The Morgan fingerprint density at radius 3 is 2.69 bits per heavy atom. The average Bonchev–Trinajstić information content (AvgIpc) is 2.82. The van der Waals surface area contributed by atoms with Gasteiger partial charge in [0.25, 0.3) is 5.91 Å². The summed E-state index contributed by atoms with van der Waals surface area (Å²) in [6.45, 7) is 1.69. The Morgan fingerprint density at radius 1 is 1.38 bits per heavy atom. The third kappa shape index (κ3) is 3.60. The molecule has 140 valence electrons. The third-order valence-electron chi connectivity index (χ3n) is 5.29. The van der Waals surface area contributed by atoms with Crippen molar-refractivity contribution in [2.75, 3.05) is 11.9 Å². The molecule has 2 aliphatic rings. The maximum atomic E-state index is 13.8. The van der Waals surface area contributed by atoms with Crippen LogP contribution in [0.4, 0.5) is 14.9 Å². The second-order valence-corrected chi connectivity index (χ2v) is 7.84. The average molecular weight is 426 g/mol. The molecule has 8 heteroatoms. The lowest BCUT2D eigenvalue weighted by molar-refractivity contribution is -0.135. The second kappa shape index (κ2) is 7.34. The van der Waals surface area contributed by atoms with Crippen LogP contribution >= 0.6 is 15.9 Å². The molecule has 26 heavy (non-hydrogen) atoms. The Labute approximate surface area is 159 Å². The largest absolute Gasteiger partial charge is 0.325 e. The molecule has 2 N–H and O–H groups in total. The molecule has 1 saturated carbocycles. The summed E-state index contributed by atoms with van der Waals surface area (Å²) < 4.78 is 14.4. The highest BCUT2D eigenvalue weighted by Gasteiger charge is 2.52. The highest BCUT2D eigenvalue weighted by atomic mass is 79.9. The van der Waals surface area contributed by atoms with Crippen LogP contribution < -0.4 is 10.6 Å². The first-order valence-electron chi connectivity index (χ1n) is 8.73. The monoisotopic (exact) mass is 425 g/mol. The number of rotatable bonds is 4. The number of hydrogen-bond acceptors (Lipinski definition) is 3. The van der Waals surface area contributed by atoms with Gasteiger partial charge in [-0.05, 0) is 49.8 Å². The fraction of sp³-hybridized carbons (Fsp3) is 0.500. The third-order valence-corrected chi connectivity index (χ3v) is 5.78. The number of nitrogens with zero attached hydrogens (tertiary/aromatic N) is 1. The molecule has 0 atom stereocenters. The van der Waals surface area contributed by atoms with E-state index in [1.165, 1.54) is 12.1 Å². The maximum Gasteiger partial charge on any atom is 0.325 e. The number of hydrogen-bond donors (Lipinski definition) is 2. The number of carbonyl (C=O) groups is 3. The van der Waals surface area contributed by atoms with E-state index in [1.54, 1.807) is 6.07 Å². The molecule has 1 aliphatic heterocycles. The summed E-state index contributed by atoms with van der Waals surface area (Å²) in [5.41, 5.74) is -0.880. The van der Waals surface area contributed by atoms with Gasteiger partial charge in [-0.25, -0.2) is 9.18 Å². The highest BCUT2D eigenvalue weighted by molar-refractivity contribution is 9.10. The van der Waals surface area contributed by atoms with Crippen LogP contribution in [0.5, 0.6) is 0 Å². The molecule has 0 bridgehead atoms. The fourth-order valence-corrected chi connectivity index (χ4v) is 3.99. The minimum atomic E-state index is -0.883. The van der Waals surface area contributed by atoms with Crippen LogP contribution in [0.2, 0.25) is 0 Å². The van der Waals surface area contributed by atoms with Crippen molar-refractivity contribution in [3.63, 3.8) is 0 Å². The molecular formula is C18H21BrFN3O3. The second-order valence-electron chi connectivity index (χ2n) is 6.93. The van der Waals surface area contributed by atoms with Gasteiger partial charge in [0.2, 0.25) is 5.91 Å². The van der Waals surface area contributed by atoms with Gasteiger partial charge in [0.05, 0.1) is 5.69 Å². The van der Waals surface area contributed by atoms with E-state index in [1.807, 2.05) is 0 Å². The minimum absolute atomic E-state index is 0.00317. The predicted octanol–water partition coefficient (Wildman–Crippen LogP) is 3.42. The van der Waals surface area contributed by atoms with Crippen LogP contribution in [-0.2, 0) is 9.59 Å². The number of anilines is 1. The van der Waals surface area contributed by atoms with Gasteiger partial charge in [-0.2, -0.15) is 0 Å². The fourth-order valence-electron chi connectivity index (χ4n) is 3.66. The molecule has 0 radical (unpaired) electrons. The molecule has 1 saturated heterocycles. The number of urea groups is 1. The number of carbonyl (C=O) groups excluding carboxylic acids is 3. The number of halogens is 2. The SMILES string of the molecule is CCC1CCC2(CC1)NC(=O)N(CC(=O)Nc1ccc(Br)cc1F)C2=O. The number of nitrogens with one attached hydrogen (secondary N) is 2. The molecule has 2 fully saturated rings. The zero-order valence-corrected chi connectivity index (χ0v) is 16.1. The van der Waals surface area contributed by atoms with Crippen LogP contribution in [-0.4, -0.2) is 34.8 Å². The molecule has 1 aromatic rings. The molecule has 4 amide bonds. The molecule has 3 rings (SSSR count). The number of amides is 4. The first-order chi connectivity index (χ1) is 12.3. The maximum absolute atomic E-state index is 13.8. The summed E-state index contributed by atoms with van der Waals surface area (Å²) in [6, 6.07) is 3.67. The van der Waals surface area contributed by atoms with Crippen LogP contribution in [0, 0.1) is 11.7 Å². The van der Waals surface area contributed by atoms with Gasteiger partial charge in [0.15, 0.2) is 0 Å². The van der Waals surface area contributed by atoms with Crippen LogP contribution in [0.15, 0.2) is 22.7 Å². The lowest BCUT2D eigenvalue weighted by atomic mass is 9.75. The Morgan fingerprint density at radius 2 is 2.08 bits per heavy atom. The van der Waals surface area contributed by atoms with E-state index in [9.17, 15) is 18.8 Å². The first kappa shape index (κ1) is 18.8. The van der Waals surface area contributed by atoms with Crippen molar-refractivity contribution in [3.8, 4) is 0 Å². The highest BCUT2D eigenvalue weighted by Crippen LogP contribution is 2.37. The van der Waals surface area contributed by atoms with Gasteiger partial charge >= 0.3 is 6.03 Å². The van der Waals surface area contributed by atoms with Crippen molar-refractivity contribution in [3.05, 3.63) is 28.5 Å². The van der Waals surface area contributed by atoms with E-state index in [2.05, 4.69) is 33.5 Å². The molecule has 0 aromatic heterocycles. The van der Waals surface area contributed by atoms with Gasteiger partial charge in [-0.15, -0.1) is 0 Å². The summed E-state index contributed by atoms with van der Waals surface area (Å²) in [5, 5.41) is 5.18. The van der Waals surface area contributed by atoms with E-state index < -0.39 is 29.8 Å². The van der Waals surface area contributed by atoms with Crippen molar-refractivity contribution >= 4 is 39.5 Å². The Kier molecular flexibility index (Phi) is 5.32. The van der Waals surface area contributed by atoms with E-state index >= 15 is 0 Å². The Bertz CT molecular complexity index is 747. The van der Waals surface area contributed by atoms with Crippen LogP contribution in [0.25, 0.3) is 0 Å². The van der Waals surface area contributed by atoms with Crippen LogP contribution in [0.1, 0.15) is 39.0 Å². The summed E-state index contributed by atoms with van der Waals surface area (Å²) in [4.78, 5) is 38.1. The Balaban J connectivity index is 1.65. The van der Waals surface area contributed by atoms with E-state index in [0.717, 1.165) is 24.2 Å². The van der Waals surface area contributed by atoms with Gasteiger partial charge in [-0.1, -0.05) is 29.3 Å². The molecule has 1 aromatic carbocycles. The normalized spacial score (nSPS) is 25.5. The van der Waals surface area contributed by atoms with Gasteiger partial charge in [0, 0.05) is 4.47 Å². The van der Waals surface area contributed by atoms with Crippen molar-refractivity contribution in [1.29, 1.82) is 0 Å². The van der Waals surface area contributed by atoms with Crippen molar-refractivity contribution in [1.82, 2.24) is 10.2 Å². The smallest absolute Gasteiger partial charge is 0.323 e. The number of imide groups is 1. The van der Waals surface area contributed by atoms with Crippen molar-refractivity contribution < 1.29 is 18.8 Å². The summed E-state index contributed by atoms with van der Waals surface area (Å²) in [6.07, 6.45) is 4.01. The van der Waals surface area contributed by atoms with E-state index in [-0.39, 0.29) is 11.6 Å². The quantitative estimate of drug-likeness (QED) is 0.725. The standard InChI is InChI=1S/C18H21BrFN3O3/c1-2-11-5-7-18(8-6-11)16(25)23(17(26)22-18)10-15(24)21-14-4-3-12(19)9-13(14)20/h3-4,9,11H,2,5-8,10H2,1H3,(H,21,24)(H,22,26). The zero-order valence-electron chi connectivity index (χ0n) is 14.5. The minimum Gasteiger partial charge on any atom is -0.323 e. The summed E-state index contributed by atoms with van der Waals surface area (Å²) >= 11 is 3.14. The lowest BCUT2D eigenvalue weighted by Gasteiger charge is -2.34. The first-order valence-corrected chi connectivity index (χ1v) is 9.53. The molecule has 1 heterocycles. The summed E-state index contributed by atoms with van der Waals surface area (Å²) in [7, 11) is 0. The Hall–Kier alpha value is -1.96. The van der Waals surface area contributed by atoms with Crippen molar-refractivity contribution in [2.45, 2.75) is 44.6 Å². The predicted molar refractivity (Wildman–Crippen MR) is 98.0 cm³/mol. The zero-order chi connectivity index (χ0) is 18.9.